The minimum Gasteiger partial charge on any atom is -0.135 e. The second-order valence-electron chi connectivity index (χ2n) is 8.50. The van der Waals surface area contributed by atoms with Gasteiger partial charge in [0.15, 0.2) is 0 Å². The first-order chi connectivity index (χ1) is 16.9. The molecule has 7 rings (SSSR count). The molecule has 160 valence electrons. The lowest BCUT2D eigenvalue weighted by Gasteiger charge is -2.12. The Morgan fingerprint density at radius 3 is 1.71 bits per heavy atom. The second kappa shape index (κ2) is 7.95. The molecule has 5 aromatic carbocycles. The molecule has 7 aromatic rings. The zero-order chi connectivity index (χ0) is 22.5. The zero-order valence-electron chi connectivity index (χ0n) is 18.4. The minimum atomic E-state index is 1.26. The molecule has 34 heavy (non-hydrogen) atoms. The lowest BCUT2D eigenvalue weighted by Crippen LogP contribution is -1.85. The molecule has 0 aliphatic heterocycles. The summed E-state index contributed by atoms with van der Waals surface area (Å²) < 4.78 is 2.68. The molecule has 0 fully saturated rings. The lowest BCUT2D eigenvalue weighted by atomic mass is 9.93. The Morgan fingerprint density at radius 1 is 0.382 bits per heavy atom. The molecule has 0 atom stereocenters. The van der Waals surface area contributed by atoms with E-state index in [0.717, 1.165) is 0 Å². The van der Waals surface area contributed by atoms with E-state index < -0.39 is 0 Å². The van der Waals surface area contributed by atoms with Crippen LogP contribution in [0.4, 0.5) is 0 Å². The summed E-state index contributed by atoms with van der Waals surface area (Å²) in [6.45, 7) is 0. The van der Waals surface area contributed by atoms with Crippen LogP contribution in [0.1, 0.15) is 0 Å². The fourth-order valence-corrected chi connectivity index (χ4v) is 7.45. The third-order valence-electron chi connectivity index (χ3n) is 6.51. The van der Waals surface area contributed by atoms with Crippen LogP contribution in [0.5, 0.6) is 0 Å². The summed E-state index contributed by atoms with van der Waals surface area (Å²) in [5.74, 6) is 0. The van der Waals surface area contributed by atoms with E-state index in [0.29, 0.717) is 0 Å². The van der Waals surface area contributed by atoms with Gasteiger partial charge in [0.25, 0.3) is 0 Å². The summed E-state index contributed by atoms with van der Waals surface area (Å²) in [5, 5.41) is 5.36. The topological polar surface area (TPSA) is 0 Å². The first-order valence-electron chi connectivity index (χ1n) is 11.5. The molecule has 2 heterocycles. The molecule has 0 spiro atoms. The maximum atomic E-state index is 2.32. The van der Waals surface area contributed by atoms with Crippen molar-refractivity contribution in [1.29, 1.82) is 0 Å². The SMILES string of the molecule is c1ccc(-c2ccc3sc4ccccc4c3c2-c2sc(-c3ccccc3)c3ccccc23)cc1. The molecule has 0 aliphatic carbocycles. The fourth-order valence-electron chi connectivity index (χ4n) is 4.99. The second-order valence-corrected chi connectivity index (χ2v) is 10.6. The van der Waals surface area contributed by atoms with Gasteiger partial charge in [0.1, 0.15) is 0 Å². The van der Waals surface area contributed by atoms with Crippen molar-refractivity contribution < 1.29 is 0 Å². The van der Waals surface area contributed by atoms with Gasteiger partial charge in [-0.15, -0.1) is 22.7 Å². The minimum absolute atomic E-state index is 1.26. The van der Waals surface area contributed by atoms with E-state index in [2.05, 4.69) is 121 Å². The van der Waals surface area contributed by atoms with Crippen LogP contribution in [0.25, 0.3) is 63.0 Å². The summed E-state index contributed by atoms with van der Waals surface area (Å²) in [4.78, 5) is 2.68. The number of fused-ring (bicyclic) bond motifs is 4. The number of hydrogen-bond acceptors (Lipinski definition) is 2. The predicted octanol–water partition coefficient (Wildman–Crippen LogP) is 10.3. The number of hydrogen-bond donors (Lipinski definition) is 0. The molecular formula is C32H20S2. The van der Waals surface area contributed by atoms with Gasteiger partial charge in [-0.3, -0.25) is 0 Å². The van der Waals surface area contributed by atoms with Gasteiger partial charge in [0.05, 0.1) is 0 Å². The molecule has 0 amide bonds. The van der Waals surface area contributed by atoms with Crippen LogP contribution in [0.15, 0.2) is 121 Å². The van der Waals surface area contributed by atoms with Crippen LogP contribution in [0, 0.1) is 0 Å². The van der Waals surface area contributed by atoms with Crippen LogP contribution in [-0.4, -0.2) is 0 Å². The highest BCUT2D eigenvalue weighted by Gasteiger charge is 2.21. The third-order valence-corrected chi connectivity index (χ3v) is 8.94. The van der Waals surface area contributed by atoms with Gasteiger partial charge in [0, 0.05) is 46.3 Å². The van der Waals surface area contributed by atoms with E-state index in [-0.39, 0.29) is 0 Å². The highest BCUT2D eigenvalue weighted by atomic mass is 32.1. The molecule has 0 aliphatic rings. The van der Waals surface area contributed by atoms with Crippen molar-refractivity contribution in [1.82, 2.24) is 0 Å². The van der Waals surface area contributed by atoms with Gasteiger partial charge in [-0.2, -0.15) is 0 Å². The van der Waals surface area contributed by atoms with E-state index in [4.69, 9.17) is 0 Å². The van der Waals surface area contributed by atoms with Gasteiger partial charge >= 0.3 is 0 Å². The highest BCUT2D eigenvalue weighted by Crippen LogP contribution is 2.51. The average Bonchev–Trinajstić information content (AvgIpc) is 3.48. The van der Waals surface area contributed by atoms with E-state index in [1.807, 2.05) is 22.7 Å². The molecular weight excluding hydrogens is 448 g/mol. The Morgan fingerprint density at radius 2 is 0.971 bits per heavy atom. The first-order valence-corrected chi connectivity index (χ1v) is 13.1. The van der Waals surface area contributed by atoms with Crippen LogP contribution < -0.4 is 0 Å². The van der Waals surface area contributed by atoms with Crippen molar-refractivity contribution in [3.63, 3.8) is 0 Å². The maximum Gasteiger partial charge on any atom is 0.0441 e. The smallest absolute Gasteiger partial charge is 0.0441 e. The predicted molar refractivity (Wildman–Crippen MR) is 151 cm³/mol. The summed E-state index contributed by atoms with van der Waals surface area (Å²) in [6, 6.07) is 44.0. The number of thiophene rings is 2. The van der Waals surface area contributed by atoms with Gasteiger partial charge < -0.3 is 0 Å². The molecule has 2 heteroatoms. The van der Waals surface area contributed by atoms with Crippen LogP contribution in [-0.2, 0) is 0 Å². The van der Waals surface area contributed by atoms with E-state index in [9.17, 15) is 0 Å². The molecule has 0 saturated carbocycles. The van der Waals surface area contributed by atoms with Crippen LogP contribution >= 0.6 is 22.7 Å². The lowest BCUT2D eigenvalue weighted by molar-refractivity contribution is 1.66. The normalized spacial score (nSPS) is 11.5. The summed E-state index contributed by atoms with van der Waals surface area (Å²) in [5.41, 5.74) is 5.18. The van der Waals surface area contributed by atoms with E-state index in [1.165, 1.54) is 63.0 Å². The van der Waals surface area contributed by atoms with Crippen molar-refractivity contribution in [2.45, 2.75) is 0 Å². The Labute approximate surface area is 206 Å². The molecule has 0 nitrogen and oxygen atoms in total. The Kier molecular flexibility index (Phi) is 4.61. The molecule has 0 unspecified atom stereocenters. The summed E-state index contributed by atoms with van der Waals surface area (Å²) in [6.07, 6.45) is 0. The third kappa shape index (κ3) is 3.03. The van der Waals surface area contributed by atoms with Crippen molar-refractivity contribution in [3.05, 3.63) is 121 Å². The molecule has 0 bridgehead atoms. The summed E-state index contributed by atoms with van der Waals surface area (Å²) >= 11 is 3.81. The van der Waals surface area contributed by atoms with Crippen molar-refractivity contribution >= 4 is 53.6 Å². The van der Waals surface area contributed by atoms with Crippen molar-refractivity contribution in [3.8, 4) is 32.0 Å². The van der Waals surface area contributed by atoms with Crippen molar-refractivity contribution in [2.75, 3.05) is 0 Å². The Balaban J connectivity index is 1.66. The average molecular weight is 469 g/mol. The maximum absolute atomic E-state index is 2.32. The van der Waals surface area contributed by atoms with Crippen molar-refractivity contribution in [2.24, 2.45) is 0 Å². The number of rotatable bonds is 3. The largest absolute Gasteiger partial charge is 0.135 e. The number of benzene rings is 5. The van der Waals surface area contributed by atoms with Crippen LogP contribution in [0.3, 0.4) is 0 Å². The molecule has 2 aromatic heterocycles. The zero-order valence-corrected chi connectivity index (χ0v) is 20.0. The quantitative estimate of drug-likeness (QED) is 0.242. The Hall–Kier alpha value is -3.72. The van der Waals surface area contributed by atoms with Gasteiger partial charge in [-0.1, -0.05) is 109 Å². The highest BCUT2D eigenvalue weighted by molar-refractivity contribution is 7.26. The molecule has 0 saturated heterocycles. The first kappa shape index (κ1) is 19.7. The van der Waals surface area contributed by atoms with Gasteiger partial charge in [0.2, 0.25) is 0 Å². The Bertz CT molecular complexity index is 1790. The monoisotopic (exact) mass is 468 g/mol. The summed E-state index contributed by atoms with van der Waals surface area (Å²) in [7, 11) is 0. The van der Waals surface area contributed by atoms with Gasteiger partial charge in [-0.05, 0) is 28.8 Å². The molecule has 0 N–H and O–H groups in total. The standard InChI is InChI=1S/C32H20S2/c1-3-11-21(12-4-1)23-19-20-28-29(26-17-9-10-18-27(26)33-28)30(23)32-25-16-8-7-15-24(25)31(34-32)22-13-5-2-6-14-22/h1-20H. The molecule has 0 radical (unpaired) electrons. The van der Waals surface area contributed by atoms with Crippen LogP contribution in [0.2, 0.25) is 0 Å². The van der Waals surface area contributed by atoms with Gasteiger partial charge in [-0.25, -0.2) is 0 Å². The van der Waals surface area contributed by atoms with E-state index in [1.54, 1.807) is 0 Å². The van der Waals surface area contributed by atoms with E-state index >= 15 is 0 Å². The fraction of sp³-hybridized carbons (Fsp3) is 0.